The lowest BCUT2D eigenvalue weighted by atomic mass is 10.1. The van der Waals surface area contributed by atoms with Gasteiger partial charge in [0.05, 0.1) is 24.3 Å². The van der Waals surface area contributed by atoms with Crippen LogP contribution >= 0.6 is 0 Å². The summed E-state index contributed by atoms with van der Waals surface area (Å²) < 4.78 is 7.24. The summed E-state index contributed by atoms with van der Waals surface area (Å²) in [4.78, 5) is 23.6. The molecular weight excluding hydrogens is 316 g/mol. The maximum atomic E-state index is 12.7. The molecule has 0 N–H and O–H groups in total. The van der Waals surface area contributed by atoms with E-state index in [1.165, 1.54) is 0 Å². The molecule has 0 radical (unpaired) electrons. The van der Waals surface area contributed by atoms with Crippen molar-refractivity contribution in [1.82, 2.24) is 19.4 Å². The third-order valence-electron chi connectivity index (χ3n) is 4.90. The van der Waals surface area contributed by atoms with Crippen molar-refractivity contribution in [1.29, 1.82) is 0 Å². The second-order valence-electron chi connectivity index (χ2n) is 6.36. The van der Waals surface area contributed by atoms with Crippen LogP contribution in [0.1, 0.15) is 28.5 Å². The zero-order chi connectivity index (χ0) is 17.4. The number of hydrogen-bond acceptors (Lipinski definition) is 4. The normalized spacial score (nSPS) is 17.2. The van der Waals surface area contributed by atoms with E-state index in [0.717, 1.165) is 35.6 Å². The first-order valence-corrected chi connectivity index (χ1v) is 8.37. The highest BCUT2D eigenvalue weighted by molar-refractivity contribution is 5.94. The van der Waals surface area contributed by atoms with Crippen molar-refractivity contribution in [2.24, 2.45) is 7.05 Å². The predicted molar refractivity (Wildman–Crippen MR) is 94.8 cm³/mol. The Morgan fingerprint density at radius 2 is 2.04 bits per heavy atom. The van der Waals surface area contributed by atoms with Crippen molar-refractivity contribution >= 4 is 16.9 Å². The highest BCUT2D eigenvalue weighted by Crippen LogP contribution is 2.29. The van der Waals surface area contributed by atoms with Crippen molar-refractivity contribution in [3.63, 3.8) is 0 Å². The second-order valence-corrected chi connectivity index (χ2v) is 6.36. The molecule has 0 saturated carbocycles. The van der Waals surface area contributed by atoms with E-state index in [1.54, 1.807) is 13.3 Å². The van der Waals surface area contributed by atoms with Gasteiger partial charge in [0, 0.05) is 37.8 Å². The number of fused-ring (bicyclic) bond motifs is 1. The minimum Gasteiger partial charge on any atom is -0.497 e. The van der Waals surface area contributed by atoms with Gasteiger partial charge in [-0.2, -0.15) is 0 Å². The zero-order valence-corrected chi connectivity index (χ0v) is 14.3. The van der Waals surface area contributed by atoms with Gasteiger partial charge in [-0.1, -0.05) is 0 Å². The van der Waals surface area contributed by atoms with Gasteiger partial charge in [-0.25, -0.2) is 4.98 Å². The summed E-state index contributed by atoms with van der Waals surface area (Å²) in [6.45, 7) is 1.44. The van der Waals surface area contributed by atoms with E-state index in [1.807, 2.05) is 48.5 Å². The van der Waals surface area contributed by atoms with Crippen LogP contribution in [0.5, 0.6) is 5.75 Å². The number of aryl methyl sites for hydroxylation is 1. The molecule has 0 bridgehead atoms. The van der Waals surface area contributed by atoms with Gasteiger partial charge >= 0.3 is 0 Å². The average Bonchev–Trinajstić information content (AvgIpc) is 3.27. The molecule has 1 fully saturated rings. The number of hydrogen-bond donors (Lipinski definition) is 0. The lowest BCUT2D eigenvalue weighted by Gasteiger charge is -2.17. The van der Waals surface area contributed by atoms with Crippen LogP contribution in [-0.4, -0.2) is 45.5 Å². The number of nitrogens with zero attached hydrogens (tertiary/aromatic N) is 4. The maximum absolute atomic E-state index is 12.7. The SMILES string of the molecule is COc1ccc(C(=O)N2CC[C@@H](c3nc4ccncc4n3C)C2)cc1. The molecule has 0 spiro atoms. The van der Waals surface area contributed by atoms with Gasteiger partial charge in [0.15, 0.2) is 0 Å². The van der Waals surface area contributed by atoms with E-state index in [2.05, 4.69) is 9.55 Å². The minimum atomic E-state index is 0.0607. The largest absolute Gasteiger partial charge is 0.497 e. The zero-order valence-electron chi connectivity index (χ0n) is 14.3. The number of aromatic nitrogens is 3. The molecule has 1 atom stereocenters. The van der Waals surface area contributed by atoms with Crippen LogP contribution in [-0.2, 0) is 7.05 Å². The molecule has 25 heavy (non-hydrogen) atoms. The van der Waals surface area contributed by atoms with Gasteiger partial charge in [-0.3, -0.25) is 9.78 Å². The van der Waals surface area contributed by atoms with Gasteiger partial charge in [0.25, 0.3) is 5.91 Å². The first kappa shape index (κ1) is 15.6. The first-order chi connectivity index (χ1) is 12.2. The summed E-state index contributed by atoms with van der Waals surface area (Å²) in [7, 11) is 3.63. The lowest BCUT2D eigenvalue weighted by Crippen LogP contribution is -2.28. The van der Waals surface area contributed by atoms with E-state index < -0.39 is 0 Å². The quantitative estimate of drug-likeness (QED) is 0.738. The Kier molecular flexibility index (Phi) is 3.87. The van der Waals surface area contributed by atoms with Gasteiger partial charge in [-0.15, -0.1) is 0 Å². The van der Waals surface area contributed by atoms with E-state index in [9.17, 15) is 4.79 Å². The minimum absolute atomic E-state index is 0.0607. The molecule has 3 heterocycles. The summed E-state index contributed by atoms with van der Waals surface area (Å²) >= 11 is 0. The monoisotopic (exact) mass is 336 g/mol. The maximum Gasteiger partial charge on any atom is 0.253 e. The molecule has 0 unspecified atom stereocenters. The van der Waals surface area contributed by atoms with Crippen molar-refractivity contribution < 1.29 is 9.53 Å². The molecule has 1 aliphatic heterocycles. The average molecular weight is 336 g/mol. The lowest BCUT2D eigenvalue weighted by molar-refractivity contribution is 0.0790. The number of carbonyl (C=O) groups excluding carboxylic acids is 1. The van der Waals surface area contributed by atoms with Gasteiger partial charge in [0.1, 0.15) is 11.6 Å². The van der Waals surface area contributed by atoms with Crippen molar-refractivity contribution in [2.75, 3.05) is 20.2 Å². The Bertz CT molecular complexity index is 917. The molecule has 6 heteroatoms. The number of ether oxygens (including phenoxy) is 1. The fraction of sp³-hybridized carbons (Fsp3) is 0.316. The number of methoxy groups -OCH3 is 1. The molecule has 0 aliphatic carbocycles. The number of imidazole rings is 1. The third-order valence-corrected chi connectivity index (χ3v) is 4.90. The second kappa shape index (κ2) is 6.20. The van der Waals surface area contributed by atoms with Crippen LogP contribution in [0.3, 0.4) is 0 Å². The number of rotatable bonds is 3. The summed E-state index contributed by atoms with van der Waals surface area (Å²) in [5.74, 6) is 2.09. The molecule has 4 rings (SSSR count). The number of benzene rings is 1. The summed E-state index contributed by atoms with van der Waals surface area (Å²) in [6.07, 6.45) is 4.51. The standard InChI is InChI=1S/C19H20N4O2/c1-22-17-11-20-9-7-16(17)21-18(22)14-8-10-23(12-14)19(24)13-3-5-15(25-2)6-4-13/h3-7,9,11,14H,8,10,12H2,1-2H3/t14-/m1/s1. The highest BCUT2D eigenvalue weighted by atomic mass is 16.5. The van der Waals surface area contributed by atoms with Crippen LogP contribution < -0.4 is 4.74 Å². The van der Waals surface area contributed by atoms with E-state index in [4.69, 9.17) is 9.72 Å². The topological polar surface area (TPSA) is 60.2 Å². The Labute approximate surface area is 146 Å². The van der Waals surface area contributed by atoms with Crippen LogP contribution in [0.4, 0.5) is 0 Å². The number of likely N-dealkylation sites (tertiary alicyclic amines) is 1. The molecule has 1 saturated heterocycles. The first-order valence-electron chi connectivity index (χ1n) is 8.37. The van der Waals surface area contributed by atoms with Crippen LogP contribution in [0.25, 0.3) is 11.0 Å². The Balaban J connectivity index is 1.53. The summed E-state index contributed by atoms with van der Waals surface area (Å²) in [6, 6.07) is 9.19. The molecule has 3 aromatic rings. The van der Waals surface area contributed by atoms with Crippen molar-refractivity contribution in [3.05, 3.63) is 54.1 Å². The molecule has 128 valence electrons. The van der Waals surface area contributed by atoms with Crippen molar-refractivity contribution in [2.45, 2.75) is 12.3 Å². The Hall–Kier alpha value is -2.89. The number of pyridine rings is 1. The number of amides is 1. The van der Waals surface area contributed by atoms with Gasteiger partial charge in [0.2, 0.25) is 0 Å². The molecule has 2 aromatic heterocycles. The number of carbonyl (C=O) groups is 1. The smallest absolute Gasteiger partial charge is 0.253 e. The fourth-order valence-corrected chi connectivity index (χ4v) is 3.49. The Morgan fingerprint density at radius 1 is 1.24 bits per heavy atom. The Morgan fingerprint density at radius 3 is 2.76 bits per heavy atom. The third kappa shape index (κ3) is 2.73. The molecular formula is C19H20N4O2. The highest BCUT2D eigenvalue weighted by Gasteiger charge is 2.30. The predicted octanol–water partition coefficient (Wildman–Crippen LogP) is 2.61. The van der Waals surface area contributed by atoms with Gasteiger partial charge < -0.3 is 14.2 Å². The van der Waals surface area contributed by atoms with Gasteiger partial charge in [-0.05, 0) is 36.8 Å². The van der Waals surface area contributed by atoms with E-state index >= 15 is 0 Å². The van der Waals surface area contributed by atoms with Crippen LogP contribution in [0.15, 0.2) is 42.7 Å². The van der Waals surface area contributed by atoms with Crippen LogP contribution in [0.2, 0.25) is 0 Å². The van der Waals surface area contributed by atoms with E-state index in [0.29, 0.717) is 12.1 Å². The molecule has 6 nitrogen and oxygen atoms in total. The fourth-order valence-electron chi connectivity index (χ4n) is 3.49. The van der Waals surface area contributed by atoms with E-state index in [-0.39, 0.29) is 11.8 Å². The molecule has 1 aromatic carbocycles. The molecule has 1 amide bonds. The molecule has 1 aliphatic rings. The van der Waals surface area contributed by atoms with Crippen molar-refractivity contribution in [3.8, 4) is 5.75 Å². The summed E-state index contributed by atoms with van der Waals surface area (Å²) in [5.41, 5.74) is 2.67. The van der Waals surface area contributed by atoms with Crippen LogP contribution in [0, 0.1) is 0 Å². The summed E-state index contributed by atoms with van der Waals surface area (Å²) in [5, 5.41) is 0.